The third kappa shape index (κ3) is 6.38. The highest BCUT2D eigenvalue weighted by Gasteiger charge is 2.20. The maximum absolute atomic E-state index is 11.3. The molecule has 0 atom stereocenters. The average molecular weight is 287 g/mol. The summed E-state index contributed by atoms with van der Waals surface area (Å²) in [6, 6.07) is 8.82. The van der Waals surface area contributed by atoms with Crippen LogP contribution in [0.5, 0.6) is 0 Å². The van der Waals surface area contributed by atoms with Crippen LogP contribution in [0, 0.1) is 0 Å². The molecule has 106 valence electrons. The van der Waals surface area contributed by atoms with E-state index in [1.807, 2.05) is 6.07 Å². The van der Waals surface area contributed by atoms with Crippen molar-refractivity contribution in [2.75, 3.05) is 24.3 Å². The number of carbonyl (C=O) groups excluding carboxylic acids is 1. The molecule has 0 saturated carbocycles. The number of anilines is 1. The average Bonchev–Trinajstić information content (AvgIpc) is 2.34. The molecule has 0 aliphatic heterocycles. The molecule has 0 unspecified atom stereocenters. The minimum atomic E-state index is -4.19. The number of ether oxygens (including phenoxy) is 1. The Hall–Kier alpha value is -1.36. The third-order valence-corrected chi connectivity index (χ3v) is 3.08. The summed E-state index contributed by atoms with van der Waals surface area (Å²) in [6.45, 7) is 2.21. The van der Waals surface area contributed by atoms with Gasteiger partial charge in [-0.2, -0.15) is 0 Å². The molecule has 2 N–H and O–H groups in total. The van der Waals surface area contributed by atoms with Gasteiger partial charge in [-0.3, -0.25) is 9.36 Å². The maximum Gasteiger partial charge on any atom is 0.344 e. The van der Waals surface area contributed by atoms with Gasteiger partial charge in [0.1, 0.15) is 6.29 Å². The number of esters is 1. The molecule has 0 aliphatic rings. The highest BCUT2D eigenvalue weighted by atomic mass is 31.2. The lowest BCUT2D eigenvalue weighted by molar-refractivity contribution is -0.142. The Kier molecular flexibility index (Phi) is 6.02. The van der Waals surface area contributed by atoms with Crippen LogP contribution >= 0.6 is 7.60 Å². The van der Waals surface area contributed by atoms with Gasteiger partial charge in [-0.25, -0.2) is 0 Å². The summed E-state index contributed by atoms with van der Waals surface area (Å²) in [5, 5.41) is 0. The minimum absolute atomic E-state index is 0.0860. The summed E-state index contributed by atoms with van der Waals surface area (Å²) in [5.41, 5.74) is 0.662. The van der Waals surface area contributed by atoms with Crippen molar-refractivity contribution in [1.82, 2.24) is 0 Å². The zero-order valence-electron chi connectivity index (χ0n) is 10.7. The topological polar surface area (TPSA) is 87.1 Å². The van der Waals surface area contributed by atoms with E-state index in [1.165, 1.54) is 4.90 Å². The van der Waals surface area contributed by atoms with Crippen LogP contribution in [0.25, 0.3) is 0 Å². The number of hydrogen-bond acceptors (Lipinski definition) is 4. The summed E-state index contributed by atoms with van der Waals surface area (Å²) in [7, 11) is -4.19. The Balaban J connectivity index is 2.71. The van der Waals surface area contributed by atoms with Crippen LogP contribution in [-0.4, -0.2) is 35.2 Å². The van der Waals surface area contributed by atoms with Crippen molar-refractivity contribution in [2.24, 2.45) is 0 Å². The largest absolute Gasteiger partial charge is 0.466 e. The molecule has 0 aromatic heterocycles. The quantitative estimate of drug-likeness (QED) is 0.585. The van der Waals surface area contributed by atoms with Crippen molar-refractivity contribution < 1.29 is 23.9 Å². The molecule has 0 fully saturated rings. The lowest BCUT2D eigenvalue weighted by Crippen LogP contribution is -2.27. The Morgan fingerprint density at radius 2 is 1.95 bits per heavy atom. The second-order valence-corrected chi connectivity index (χ2v) is 5.57. The van der Waals surface area contributed by atoms with E-state index in [9.17, 15) is 9.36 Å². The van der Waals surface area contributed by atoms with Gasteiger partial charge in [-0.05, 0) is 19.1 Å². The van der Waals surface area contributed by atoms with Crippen LogP contribution < -0.4 is 4.90 Å². The van der Waals surface area contributed by atoms with Gasteiger partial charge in [-0.1, -0.05) is 18.2 Å². The van der Waals surface area contributed by atoms with Gasteiger partial charge in [0.25, 0.3) is 0 Å². The molecule has 19 heavy (non-hydrogen) atoms. The maximum atomic E-state index is 11.3. The molecule has 0 saturated heterocycles. The van der Waals surface area contributed by atoms with E-state index in [2.05, 4.69) is 0 Å². The van der Waals surface area contributed by atoms with Gasteiger partial charge in [-0.15, -0.1) is 0 Å². The molecule has 0 bridgehead atoms. The van der Waals surface area contributed by atoms with E-state index in [-0.39, 0.29) is 18.9 Å². The predicted octanol–water partition coefficient (Wildman–Crippen LogP) is 1.58. The molecule has 1 aromatic carbocycles. The normalized spacial score (nSPS) is 11.1. The minimum Gasteiger partial charge on any atom is -0.466 e. The zero-order chi connectivity index (χ0) is 14.3. The standard InChI is InChI=1S/C12H18NO5P/c1-2-18-12(14)8-9-13(10-19(15,16)17)11-6-4-3-5-7-11/h3-7H,2,8-10H2,1H3,(H2,15,16,17). The van der Waals surface area contributed by atoms with Gasteiger partial charge in [0.2, 0.25) is 0 Å². The number of hydrogen-bond donors (Lipinski definition) is 2. The Morgan fingerprint density at radius 3 is 2.47 bits per heavy atom. The van der Waals surface area contributed by atoms with Crippen molar-refractivity contribution in [3.05, 3.63) is 30.3 Å². The van der Waals surface area contributed by atoms with E-state index >= 15 is 0 Å². The molecule has 7 heteroatoms. The van der Waals surface area contributed by atoms with E-state index in [0.717, 1.165) is 0 Å². The van der Waals surface area contributed by atoms with Crippen molar-refractivity contribution in [3.63, 3.8) is 0 Å². The first-order valence-electron chi connectivity index (χ1n) is 5.92. The van der Waals surface area contributed by atoms with E-state index in [4.69, 9.17) is 14.5 Å². The Morgan fingerprint density at radius 1 is 1.32 bits per heavy atom. The van der Waals surface area contributed by atoms with Crippen LogP contribution in [-0.2, 0) is 14.1 Å². The van der Waals surface area contributed by atoms with Crippen molar-refractivity contribution in [1.29, 1.82) is 0 Å². The molecule has 1 rings (SSSR count). The summed E-state index contributed by atoms with van der Waals surface area (Å²) in [6.07, 6.45) is -0.334. The first kappa shape index (κ1) is 15.7. The SMILES string of the molecule is CCOC(=O)CCN(CP(=O)(O)O)c1ccccc1. The highest BCUT2D eigenvalue weighted by Crippen LogP contribution is 2.36. The summed E-state index contributed by atoms with van der Waals surface area (Å²) >= 11 is 0. The lowest BCUT2D eigenvalue weighted by atomic mass is 10.3. The fourth-order valence-corrected chi connectivity index (χ4v) is 2.35. The molecule has 1 aromatic rings. The van der Waals surface area contributed by atoms with E-state index < -0.39 is 13.9 Å². The Labute approximate surface area is 112 Å². The number of carbonyl (C=O) groups is 1. The molecule has 0 heterocycles. The van der Waals surface area contributed by atoms with Gasteiger partial charge in [0.15, 0.2) is 0 Å². The van der Waals surface area contributed by atoms with E-state index in [1.54, 1.807) is 31.2 Å². The first-order valence-corrected chi connectivity index (χ1v) is 7.72. The molecular weight excluding hydrogens is 269 g/mol. The zero-order valence-corrected chi connectivity index (χ0v) is 11.6. The predicted molar refractivity (Wildman–Crippen MR) is 71.9 cm³/mol. The number of nitrogens with zero attached hydrogens (tertiary/aromatic N) is 1. The molecule has 0 spiro atoms. The van der Waals surface area contributed by atoms with Gasteiger partial charge < -0.3 is 19.4 Å². The number of para-hydroxylation sites is 1. The lowest BCUT2D eigenvalue weighted by Gasteiger charge is -2.24. The first-order chi connectivity index (χ1) is 8.92. The van der Waals surface area contributed by atoms with Crippen molar-refractivity contribution in [2.45, 2.75) is 13.3 Å². The van der Waals surface area contributed by atoms with E-state index in [0.29, 0.717) is 12.3 Å². The second kappa shape index (κ2) is 7.28. The highest BCUT2D eigenvalue weighted by molar-refractivity contribution is 7.51. The van der Waals surface area contributed by atoms with Crippen LogP contribution in [0.15, 0.2) is 30.3 Å². The summed E-state index contributed by atoms with van der Waals surface area (Å²) in [5.74, 6) is -0.380. The Bertz CT molecular complexity index is 445. The van der Waals surface area contributed by atoms with Crippen molar-refractivity contribution in [3.8, 4) is 0 Å². The van der Waals surface area contributed by atoms with Crippen LogP contribution in [0.2, 0.25) is 0 Å². The van der Waals surface area contributed by atoms with Crippen LogP contribution in [0.4, 0.5) is 5.69 Å². The van der Waals surface area contributed by atoms with Gasteiger partial charge in [0.05, 0.1) is 13.0 Å². The molecule has 0 aliphatic carbocycles. The van der Waals surface area contributed by atoms with Gasteiger partial charge >= 0.3 is 13.6 Å². The van der Waals surface area contributed by atoms with Crippen LogP contribution in [0.1, 0.15) is 13.3 Å². The molecule has 6 nitrogen and oxygen atoms in total. The fourth-order valence-electron chi connectivity index (χ4n) is 1.60. The molecule has 0 radical (unpaired) electrons. The molecular formula is C12H18NO5P. The van der Waals surface area contributed by atoms with Crippen molar-refractivity contribution >= 4 is 19.3 Å². The molecule has 0 amide bonds. The third-order valence-electron chi connectivity index (χ3n) is 2.37. The monoisotopic (exact) mass is 287 g/mol. The summed E-state index contributed by atoms with van der Waals surface area (Å²) < 4.78 is 15.9. The smallest absolute Gasteiger partial charge is 0.344 e. The number of rotatable bonds is 7. The fraction of sp³-hybridized carbons (Fsp3) is 0.417. The van der Waals surface area contributed by atoms with Crippen LogP contribution in [0.3, 0.4) is 0 Å². The summed E-state index contributed by atoms with van der Waals surface area (Å²) in [4.78, 5) is 30.9. The number of benzene rings is 1. The van der Waals surface area contributed by atoms with Gasteiger partial charge in [0, 0.05) is 12.2 Å². The second-order valence-electron chi connectivity index (χ2n) is 3.96.